The van der Waals surface area contributed by atoms with Crippen LogP contribution < -0.4 is 26.4 Å². The number of nitrogens with one attached hydrogen (secondary N) is 3. The van der Waals surface area contributed by atoms with Crippen LogP contribution >= 0.6 is 24.8 Å². The maximum Gasteiger partial charge on any atom is 0.241 e. The summed E-state index contributed by atoms with van der Waals surface area (Å²) in [5.74, 6) is 0.329. The van der Waals surface area contributed by atoms with Crippen molar-refractivity contribution in [3.8, 4) is 5.75 Å². The number of benzene rings is 2. The van der Waals surface area contributed by atoms with Crippen LogP contribution in [0.5, 0.6) is 5.75 Å². The molecule has 1 saturated heterocycles. The van der Waals surface area contributed by atoms with Crippen molar-refractivity contribution in [2.24, 2.45) is 5.73 Å². The van der Waals surface area contributed by atoms with E-state index in [1.54, 1.807) is 6.07 Å². The van der Waals surface area contributed by atoms with Gasteiger partial charge in [0.25, 0.3) is 0 Å². The molecule has 1 unspecified atom stereocenters. The van der Waals surface area contributed by atoms with E-state index in [9.17, 15) is 9.59 Å². The molecule has 158 valence electrons. The molecular formula is C20H26Cl2N4O3. The van der Waals surface area contributed by atoms with Gasteiger partial charge in [-0.25, -0.2) is 0 Å². The molecule has 3 rings (SSSR count). The Bertz CT molecular complexity index is 792. The SMILES string of the molecule is Cl.Cl.NCC(=O)NC1CN[C@H](C(=O)Nc2cccc(OCc3ccccc3)c2)C1. The van der Waals surface area contributed by atoms with E-state index in [1.807, 2.05) is 48.5 Å². The van der Waals surface area contributed by atoms with E-state index < -0.39 is 0 Å². The van der Waals surface area contributed by atoms with Crippen LogP contribution in [-0.4, -0.2) is 37.0 Å². The number of carbonyl (C=O) groups excluding carboxylic acids is 2. The van der Waals surface area contributed by atoms with Crippen LogP contribution in [0.3, 0.4) is 0 Å². The first kappa shape index (κ1) is 24.7. The number of rotatable bonds is 7. The summed E-state index contributed by atoms with van der Waals surface area (Å²) in [4.78, 5) is 23.8. The summed E-state index contributed by atoms with van der Waals surface area (Å²) in [6.07, 6.45) is 0.530. The molecule has 2 aromatic carbocycles. The van der Waals surface area contributed by atoms with Crippen molar-refractivity contribution in [1.29, 1.82) is 0 Å². The van der Waals surface area contributed by atoms with Crippen LogP contribution in [0.4, 0.5) is 5.69 Å². The molecule has 1 aliphatic rings. The molecule has 2 aromatic rings. The summed E-state index contributed by atoms with van der Waals surface area (Å²) in [5, 5.41) is 8.80. The smallest absolute Gasteiger partial charge is 0.241 e. The fraction of sp³-hybridized carbons (Fsp3) is 0.300. The fourth-order valence-electron chi connectivity index (χ4n) is 2.97. The van der Waals surface area contributed by atoms with E-state index in [0.717, 1.165) is 5.56 Å². The van der Waals surface area contributed by atoms with Crippen LogP contribution in [0, 0.1) is 0 Å². The maximum atomic E-state index is 12.5. The number of amides is 2. The Morgan fingerprint density at radius 3 is 2.59 bits per heavy atom. The minimum atomic E-state index is -0.359. The van der Waals surface area contributed by atoms with Gasteiger partial charge in [0.15, 0.2) is 0 Å². The number of halogens is 2. The Morgan fingerprint density at radius 2 is 1.86 bits per heavy atom. The molecule has 0 saturated carbocycles. The zero-order chi connectivity index (χ0) is 19.1. The third-order valence-electron chi connectivity index (χ3n) is 4.35. The number of hydrogen-bond donors (Lipinski definition) is 4. The van der Waals surface area contributed by atoms with E-state index in [1.165, 1.54) is 0 Å². The average Bonchev–Trinajstić information content (AvgIpc) is 3.16. The van der Waals surface area contributed by atoms with E-state index in [-0.39, 0.29) is 55.3 Å². The van der Waals surface area contributed by atoms with Gasteiger partial charge in [-0.15, -0.1) is 24.8 Å². The quantitative estimate of drug-likeness (QED) is 0.525. The molecule has 29 heavy (non-hydrogen) atoms. The van der Waals surface area contributed by atoms with Gasteiger partial charge < -0.3 is 26.4 Å². The lowest BCUT2D eigenvalue weighted by Crippen LogP contribution is -2.39. The Morgan fingerprint density at radius 1 is 1.10 bits per heavy atom. The van der Waals surface area contributed by atoms with Gasteiger partial charge in [0.2, 0.25) is 11.8 Å². The molecule has 0 aliphatic carbocycles. The van der Waals surface area contributed by atoms with Crippen LogP contribution in [0.15, 0.2) is 54.6 Å². The molecule has 1 aliphatic heterocycles. The fourth-order valence-corrected chi connectivity index (χ4v) is 2.97. The Labute approximate surface area is 182 Å². The van der Waals surface area contributed by atoms with Gasteiger partial charge >= 0.3 is 0 Å². The van der Waals surface area contributed by atoms with Crippen LogP contribution in [0.25, 0.3) is 0 Å². The number of nitrogens with two attached hydrogens (primary N) is 1. The van der Waals surface area contributed by atoms with E-state index in [2.05, 4.69) is 16.0 Å². The molecule has 1 heterocycles. The first-order valence-electron chi connectivity index (χ1n) is 8.94. The highest BCUT2D eigenvalue weighted by molar-refractivity contribution is 5.95. The van der Waals surface area contributed by atoms with Gasteiger partial charge in [-0.05, 0) is 24.1 Å². The summed E-state index contributed by atoms with van der Waals surface area (Å²) in [5.41, 5.74) is 7.04. The average molecular weight is 441 g/mol. The lowest BCUT2D eigenvalue weighted by atomic mass is 10.1. The summed E-state index contributed by atoms with van der Waals surface area (Å²) < 4.78 is 5.79. The van der Waals surface area contributed by atoms with Crippen molar-refractivity contribution < 1.29 is 14.3 Å². The standard InChI is InChI=1S/C20H24N4O3.2ClH/c21-11-19(25)23-16-10-18(22-12-16)20(26)24-15-7-4-8-17(9-15)27-13-14-5-2-1-3-6-14;;/h1-9,16,18,22H,10-13,21H2,(H,23,25)(H,24,26);2*1H/t16?,18-;;/m0../s1. The highest BCUT2D eigenvalue weighted by Crippen LogP contribution is 2.19. The molecule has 0 spiro atoms. The zero-order valence-electron chi connectivity index (χ0n) is 15.8. The van der Waals surface area contributed by atoms with Gasteiger partial charge in [0, 0.05) is 24.3 Å². The summed E-state index contributed by atoms with van der Waals surface area (Å²) in [7, 11) is 0. The van der Waals surface area contributed by atoms with Gasteiger partial charge in [0.1, 0.15) is 12.4 Å². The normalized spacial score (nSPS) is 17.4. The zero-order valence-corrected chi connectivity index (χ0v) is 17.4. The molecule has 9 heteroatoms. The second-order valence-electron chi connectivity index (χ2n) is 6.46. The first-order valence-corrected chi connectivity index (χ1v) is 8.94. The number of carbonyl (C=O) groups is 2. The Balaban J connectivity index is 0.00000210. The molecule has 5 N–H and O–H groups in total. The van der Waals surface area contributed by atoms with Gasteiger partial charge in [-0.2, -0.15) is 0 Å². The predicted molar refractivity (Wildman–Crippen MR) is 118 cm³/mol. The molecule has 0 aromatic heterocycles. The number of hydrogen-bond acceptors (Lipinski definition) is 5. The van der Waals surface area contributed by atoms with Gasteiger partial charge in [0.05, 0.1) is 12.6 Å². The lowest BCUT2D eigenvalue weighted by molar-refractivity contribution is -0.121. The van der Waals surface area contributed by atoms with Crippen molar-refractivity contribution in [1.82, 2.24) is 10.6 Å². The molecular weight excluding hydrogens is 415 g/mol. The maximum absolute atomic E-state index is 12.5. The Hall–Kier alpha value is -2.32. The molecule has 0 bridgehead atoms. The second kappa shape index (κ2) is 12.3. The van der Waals surface area contributed by atoms with Crippen molar-refractivity contribution in [2.75, 3.05) is 18.4 Å². The number of anilines is 1. The Kier molecular flexibility index (Phi) is 10.5. The summed E-state index contributed by atoms with van der Waals surface area (Å²) in [6.45, 7) is 0.956. The first-order chi connectivity index (χ1) is 13.1. The molecule has 1 fully saturated rings. The molecule has 2 atom stereocenters. The molecule has 7 nitrogen and oxygen atoms in total. The molecule has 2 amide bonds. The van der Waals surface area contributed by atoms with Crippen LogP contribution in [0.1, 0.15) is 12.0 Å². The summed E-state index contributed by atoms with van der Waals surface area (Å²) >= 11 is 0. The van der Waals surface area contributed by atoms with Crippen LogP contribution in [0.2, 0.25) is 0 Å². The van der Waals surface area contributed by atoms with E-state index in [4.69, 9.17) is 10.5 Å². The van der Waals surface area contributed by atoms with Gasteiger partial charge in [-0.1, -0.05) is 36.4 Å². The van der Waals surface area contributed by atoms with Crippen molar-refractivity contribution in [3.05, 3.63) is 60.2 Å². The van der Waals surface area contributed by atoms with Crippen molar-refractivity contribution in [3.63, 3.8) is 0 Å². The van der Waals surface area contributed by atoms with Crippen molar-refractivity contribution >= 4 is 42.3 Å². The van der Waals surface area contributed by atoms with Gasteiger partial charge in [-0.3, -0.25) is 9.59 Å². The topological polar surface area (TPSA) is 105 Å². The highest BCUT2D eigenvalue weighted by atomic mass is 35.5. The minimum absolute atomic E-state index is 0. The summed E-state index contributed by atoms with van der Waals surface area (Å²) in [6, 6.07) is 16.7. The van der Waals surface area contributed by atoms with E-state index >= 15 is 0 Å². The third kappa shape index (κ3) is 7.55. The van der Waals surface area contributed by atoms with Crippen LogP contribution in [-0.2, 0) is 16.2 Å². The highest BCUT2D eigenvalue weighted by Gasteiger charge is 2.30. The third-order valence-corrected chi connectivity index (χ3v) is 4.35. The second-order valence-corrected chi connectivity index (χ2v) is 6.46. The monoisotopic (exact) mass is 440 g/mol. The molecule has 0 radical (unpaired) electrons. The van der Waals surface area contributed by atoms with E-state index in [0.29, 0.717) is 31.0 Å². The largest absolute Gasteiger partial charge is 0.489 e. The number of ether oxygens (including phenoxy) is 1. The van der Waals surface area contributed by atoms with Crippen molar-refractivity contribution in [2.45, 2.75) is 25.1 Å². The lowest BCUT2D eigenvalue weighted by Gasteiger charge is -2.13. The minimum Gasteiger partial charge on any atom is -0.489 e. The predicted octanol–water partition coefficient (Wildman–Crippen LogP) is 1.85.